The lowest BCUT2D eigenvalue weighted by Crippen LogP contribution is -2.47. The van der Waals surface area contributed by atoms with Crippen LogP contribution in [0.25, 0.3) is 0 Å². The van der Waals surface area contributed by atoms with Crippen LogP contribution in [-0.4, -0.2) is 30.5 Å². The highest BCUT2D eigenvalue weighted by Crippen LogP contribution is 2.53. The smallest absolute Gasteiger partial charge is 0.417 e. The molecular weight excluding hydrogens is 335 g/mol. The van der Waals surface area contributed by atoms with Crippen LogP contribution in [0.1, 0.15) is 32.3 Å². The third-order valence-corrected chi connectivity index (χ3v) is 4.52. The zero-order valence-electron chi connectivity index (χ0n) is 13.3. The van der Waals surface area contributed by atoms with Gasteiger partial charge in [0.25, 0.3) is 0 Å². The molecule has 0 spiro atoms. The fraction of sp³-hybridized carbons (Fsp3) is 0.562. The Labute approximate surface area is 135 Å². The number of carbonyl (C=O) groups excluding carboxylic acids is 1. The molecule has 3 nitrogen and oxygen atoms in total. The van der Waals surface area contributed by atoms with Crippen molar-refractivity contribution in [3.8, 4) is 0 Å². The number of esters is 1. The van der Waals surface area contributed by atoms with Crippen molar-refractivity contribution in [2.24, 2.45) is 5.92 Å². The van der Waals surface area contributed by atoms with Gasteiger partial charge in [-0.2, -0.15) is 13.2 Å². The van der Waals surface area contributed by atoms with Gasteiger partial charge in [-0.15, -0.1) is 0 Å². The number of halogens is 5. The van der Waals surface area contributed by atoms with E-state index in [9.17, 15) is 26.7 Å². The fourth-order valence-electron chi connectivity index (χ4n) is 2.98. The van der Waals surface area contributed by atoms with Crippen LogP contribution in [0.4, 0.5) is 22.0 Å². The molecule has 0 bridgehead atoms. The minimum atomic E-state index is -4.75. The molecule has 0 amide bonds. The average molecular weight is 352 g/mol. The average Bonchev–Trinajstić information content (AvgIpc) is 2.76. The van der Waals surface area contributed by atoms with E-state index in [1.807, 2.05) is 0 Å². The molecule has 0 aliphatic carbocycles. The van der Waals surface area contributed by atoms with E-state index in [0.29, 0.717) is 0 Å². The predicted molar refractivity (Wildman–Crippen MR) is 74.2 cm³/mol. The van der Waals surface area contributed by atoms with Crippen LogP contribution in [0.5, 0.6) is 0 Å². The third kappa shape index (κ3) is 2.99. The van der Waals surface area contributed by atoms with Gasteiger partial charge in [-0.05, 0) is 31.5 Å². The van der Waals surface area contributed by atoms with E-state index < -0.39 is 47.3 Å². The summed E-state index contributed by atoms with van der Waals surface area (Å²) in [4.78, 5) is 12.1. The molecule has 4 atom stereocenters. The van der Waals surface area contributed by atoms with Crippen LogP contribution in [0, 0.1) is 17.6 Å². The number of alkyl halides is 3. The monoisotopic (exact) mass is 352 g/mol. The molecule has 1 aliphatic rings. The van der Waals surface area contributed by atoms with E-state index in [1.165, 1.54) is 13.8 Å². The SMILES string of the molecule is CCOC(=O)C1OC(C)(C(F)(F)F)C(C)C1c1ccc(F)c(F)c1. The topological polar surface area (TPSA) is 35.5 Å². The molecule has 8 heteroatoms. The summed E-state index contributed by atoms with van der Waals surface area (Å²) in [6, 6.07) is 2.74. The lowest BCUT2D eigenvalue weighted by atomic mass is 9.77. The summed E-state index contributed by atoms with van der Waals surface area (Å²) in [6.07, 6.45) is -6.30. The van der Waals surface area contributed by atoms with Crippen molar-refractivity contribution < 1.29 is 36.2 Å². The zero-order chi connectivity index (χ0) is 18.3. The highest BCUT2D eigenvalue weighted by Gasteiger charge is 2.65. The van der Waals surface area contributed by atoms with Crippen LogP contribution in [0.2, 0.25) is 0 Å². The summed E-state index contributed by atoms with van der Waals surface area (Å²) in [5.41, 5.74) is -2.56. The van der Waals surface area contributed by atoms with Crippen molar-refractivity contribution in [3.05, 3.63) is 35.4 Å². The lowest BCUT2D eigenvalue weighted by molar-refractivity contribution is -0.274. The molecule has 4 unspecified atom stereocenters. The first-order valence-electron chi connectivity index (χ1n) is 7.39. The summed E-state index contributed by atoms with van der Waals surface area (Å²) < 4.78 is 76.8. The minimum Gasteiger partial charge on any atom is -0.464 e. The summed E-state index contributed by atoms with van der Waals surface area (Å²) in [6.45, 7) is 3.56. The molecule has 1 fully saturated rings. The Balaban J connectivity index is 2.51. The number of ether oxygens (including phenoxy) is 2. The van der Waals surface area contributed by atoms with E-state index in [0.717, 1.165) is 25.1 Å². The van der Waals surface area contributed by atoms with Gasteiger partial charge in [0.2, 0.25) is 0 Å². The van der Waals surface area contributed by atoms with Gasteiger partial charge in [0.05, 0.1) is 6.61 Å². The number of benzene rings is 1. The molecule has 1 saturated heterocycles. The Morgan fingerprint density at radius 1 is 1.29 bits per heavy atom. The minimum absolute atomic E-state index is 0.0414. The standard InChI is InChI=1S/C16H17F5O3/c1-4-23-14(22)13-12(9-5-6-10(17)11(18)7-9)8(2)15(3,24-13)16(19,20)21/h5-8,12-13H,4H2,1-3H3. The Morgan fingerprint density at radius 3 is 2.42 bits per heavy atom. The second kappa shape index (κ2) is 6.31. The molecule has 134 valence electrons. The van der Waals surface area contributed by atoms with Crippen molar-refractivity contribution in [1.29, 1.82) is 0 Å². The fourth-order valence-corrected chi connectivity index (χ4v) is 2.98. The van der Waals surface area contributed by atoms with Gasteiger partial charge in [0, 0.05) is 11.8 Å². The Bertz CT molecular complexity index is 631. The highest BCUT2D eigenvalue weighted by atomic mass is 19.4. The van der Waals surface area contributed by atoms with Crippen LogP contribution < -0.4 is 0 Å². The maximum absolute atomic E-state index is 13.5. The van der Waals surface area contributed by atoms with Crippen LogP contribution in [0.3, 0.4) is 0 Å². The number of carbonyl (C=O) groups is 1. The highest BCUT2D eigenvalue weighted by molar-refractivity contribution is 5.77. The summed E-state index contributed by atoms with van der Waals surface area (Å²) in [5.74, 6) is -5.63. The maximum atomic E-state index is 13.5. The van der Waals surface area contributed by atoms with E-state index >= 15 is 0 Å². The molecule has 1 aliphatic heterocycles. The molecular formula is C16H17F5O3. The zero-order valence-corrected chi connectivity index (χ0v) is 13.3. The van der Waals surface area contributed by atoms with Gasteiger partial charge in [-0.25, -0.2) is 13.6 Å². The molecule has 24 heavy (non-hydrogen) atoms. The number of hydrogen-bond acceptors (Lipinski definition) is 3. The molecule has 0 aromatic heterocycles. The van der Waals surface area contributed by atoms with Crippen LogP contribution in [-0.2, 0) is 14.3 Å². The number of hydrogen-bond donors (Lipinski definition) is 0. The van der Waals surface area contributed by atoms with Crippen LogP contribution >= 0.6 is 0 Å². The van der Waals surface area contributed by atoms with Gasteiger partial charge in [-0.3, -0.25) is 0 Å². The largest absolute Gasteiger partial charge is 0.464 e. The van der Waals surface area contributed by atoms with Crippen molar-refractivity contribution in [1.82, 2.24) is 0 Å². The van der Waals surface area contributed by atoms with E-state index in [2.05, 4.69) is 0 Å². The Kier molecular flexibility index (Phi) is 4.90. The van der Waals surface area contributed by atoms with Crippen molar-refractivity contribution >= 4 is 5.97 Å². The van der Waals surface area contributed by atoms with Gasteiger partial charge in [0.1, 0.15) is 0 Å². The van der Waals surface area contributed by atoms with Gasteiger partial charge >= 0.3 is 12.1 Å². The van der Waals surface area contributed by atoms with Gasteiger partial charge < -0.3 is 9.47 Å². The Hall–Kier alpha value is -1.70. The molecule has 2 rings (SSSR count). The van der Waals surface area contributed by atoms with E-state index in [-0.39, 0.29) is 12.2 Å². The van der Waals surface area contributed by atoms with Crippen molar-refractivity contribution in [2.45, 2.75) is 44.6 Å². The molecule has 1 heterocycles. The lowest BCUT2D eigenvalue weighted by Gasteiger charge is -2.31. The van der Waals surface area contributed by atoms with E-state index in [1.54, 1.807) is 0 Å². The van der Waals surface area contributed by atoms with E-state index in [4.69, 9.17) is 9.47 Å². The molecule has 0 radical (unpaired) electrons. The summed E-state index contributed by atoms with van der Waals surface area (Å²) >= 11 is 0. The van der Waals surface area contributed by atoms with Gasteiger partial charge in [-0.1, -0.05) is 13.0 Å². The normalized spacial score (nSPS) is 30.4. The van der Waals surface area contributed by atoms with Crippen molar-refractivity contribution in [2.75, 3.05) is 6.61 Å². The second-order valence-corrected chi connectivity index (χ2v) is 5.88. The molecule has 1 aromatic carbocycles. The molecule has 1 aromatic rings. The summed E-state index contributed by atoms with van der Waals surface area (Å²) in [7, 11) is 0. The first kappa shape index (κ1) is 18.6. The first-order chi connectivity index (χ1) is 11.0. The first-order valence-corrected chi connectivity index (χ1v) is 7.39. The number of rotatable bonds is 3. The molecule has 0 saturated carbocycles. The second-order valence-electron chi connectivity index (χ2n) is 5.88. The summed E-state index contributed by atoms with van der Waals surface area (Å²) in [5, 5.41) is 0. The Morgan fingerprint density at radius 2 is 1.92 bits per heavy atom. The molecule has 0 N–H and O–H groups in total. The third-order valence-electron chi connectivity index (χ3n) is 4.52. The quantitative estimate of drug-likeness (QED) is 0.610. The van der Waals surface area contributed by atoms with Crippen LogP contribution in [0.15, 0.2) is 18.2 Å². The van der Waals surface area contributed by atoms with Crippen molar-refractivity contribution in [3.63, 3.8) is 0 Å². The van der Waals surface area contributed by atoms with Gasteiger partial charge in [0.15, 0.2) is 23.3 Å². The maximum Gasteiger partial charge on any atom is 0.417 e. The predicted octanol–water partition coefficient (Wildman–Crippen LogP) is 3.97.